The standard InChI is InChI=1S/C12H14O2/c1-9-11(7-8-14-12(9)13)10-5-3-2-4-6-10/h2-6,9,11H,7-8H2,1H3. The van der Waals surface area contributed by atoms with E-state index in [1.807, 2.05) is 25.1 Å². The molecule has 14 heavy (non-hydrogen) atoms. The maximum absolute atomic E-state index is 11.4. The highest BCUT2D eigenvalue weighted by molar-refractivity contribution is 5.74. The van der Waals surface area contributed by atoms with E-state index in [1.165, 1.54) is 5.56 Å². The van der Waals surface area contributed by atoms with E-state index >= 15 is 0 Å². The number of esters is 1. The molecule has 1 fully saturated rings. The first-order valence-corrected chi connectivity index (χ1v) is 5.00. The highest BCUT2D eigenvalue weighted by Gasteiger charge is 2.30. The maximum atomic E-state index is 11.4. The number of hydrogen-bond acceptors (Lipinski definition) is 2. The summed E-state index contributed by atoms with van der Waals surface area (Å²) in [5.74, 6) is 0.258. The fourth-order valence-corrected chi connectivity index (χ4v) is 1.99. The van der Waals surface area contributed by atoms with Gasteiger partial charge in [0.25, 0.3) is 0 Å². The Bertz CT molecular complexity index is 318. The van der Waals surface area contributed by atoms with Gasteiger partial charge in [-0.25, -0.2) is 0 Å². The third-order valence-corrected chi connectivity index (χ3v) is 2.88. The highest BCUT2D eigenvalue weighted by Crippen LogP contribution is 2.31. The normalized spacial score (nSPS) is 27.1. The molecule has 2 atom stereocenters. The Labute approximate surface area is 83.9 Å². The molecule has 2 rings (SSSR count). The lowest BCUT2D eigenvalue weighted by molar-refractivity contribution is -0.153. The number of carbonyl (C=O) groups is 1. The second-order valence-corrected chi connectivity index (χ2v) is 3.76. The Morgan fingerprint density at radius 3 is 2.71 bits per heavy atom. The van der Waals surface area contributed by atoms with Crippen LogP contribution in [0, 0.1) is 5.92 Å². The van der Waals surface area contributed by atoms with Crippen molar-refractivity contribution in [3.8, 4) is 0 Å². The quantitative estimate of drug-likeness (QED) is 0.635. The molecule has 0 spiro atoms. The van der Waals surface area contributed by atoms with E-state index < -0.39 is 0 Å². The molecule has 74 valence electrons. The van der Waals surface area contributed by atoms with Gasteiger partial charge < -0.3 is 4.74 Å². The lowest BCUT2D eigenvalue weighted by atomic mass is 9.83. The van der Waals surface area contributed by atoms with Gasteiger partial charge >= 0.3 is 5.97 Å². The molecule has 0 aliphatic carbocycles. The Morgan fingerprint density at radius 1 is 1.29 bits per heavy atom. The Balaban J connectivity index is 2.22. The number of benzene rings is 1. The van der Waals surface area contributed by atoms with Gasteiger partial charge in [-0.15, -0.1) is 0 Å². The van der Waals surface area contributed by atoms with Gasteiger partial charge in [-0.2, -0.15) is 0 Å². The predicted molar refractivity (Wildman–Crippen MR) is 53.9 cm³/mol. The average Bonchev–Trinajstić information content (AvgIpc) is 2.23. The van der Waals surface area contributed by atoms with Crippen LogP contribution in [0.5, 0.6) is 0 Å². The van der Waals surface area contributed by atoms with E-state index in [9.17, 15) is 4.79 Å². The van der Waals surface area contributed by atoms with E-state index in [2.05, 4.69) is 12.1 Å². The molecule has 1 aromatic rings. The highest BCUT2D eigenvalue weighted by atomic mass is 16.5. The molecule has 0 bridgehead atoms. The molecular weight excluding hydrogens is 176 g/mol. The average molecular weight is 190 g/mol. The third kappa shape index (κ3) is 1.65. The van der Waals surface area contributed by atoms with Gasteiger partial charge in [0, 0.05) is 5.92 Å². The maximum Gasteiger partial charge on any atom is 0.309 e. The van der Waals surface area contributed by atoms with Crippen molar-refractivity contribution in [1.82, 2.24) is 0 Å². The molecule has 1 aromatic carbocycles. The van der Waals surface area contributed by atoms with Crippen molar-refractivity contribution < 1.29 is 9.53 Å². The largest absolute Gasteiger partial charge is 0.465 e. The fraction of sp³-hybridized carbons (Fsp3) is 0.417. The van der Waals surface area contributed by atoms with Crippen molar-refractivity contribution in [3.63, 3.8) is 0 Å². The Morgan fingerprint density at radius 2 is 2.00 bits per heavy atom. The number of carbonyl (C=O) groups excluding carboxylic acids is 1. The van der Waals surface area contributed by atoms with Crippen LogP contribution in [0.1, 0.15) is 24.8 Å². The van der Waals surface area contributed by atoms with Crippen LogP contribution in [0.2, 0.25) is 0 Å². The molecule has 2 heteroatoms. The Kier molecular flexibility index (Phi) is 2.53. The van der Waals surface area contributed by atoms with Crippen LogP contribution in [0.3, 0.4) is 0 Å². The minimum atomic E-state index is -0.0647. The van der Waals surface area contributed by atoms with Crippen LogP contribution in [-0.2, 0) is 9.53 Å². The predicted octanol–water partition coefficient (Wildman–Crippen LogP) is 2.35. The summed E-state index contributed by atoms with van der Waals surface area (Å²) in [6, 6.07) is 10.2. The van der Waals surface area contributed by atoms with Crippen molar-refractivity contribution in [3.05, 3.63) is 35.9 Å². The molecule has 0 amide bonds. The summed E-state index contributed by atoms with van der Waals surface area (Å²) in [4.78, 5) is 11.4. The zero-order chi connectivity index (χ0) is 9.97. The summed E-state index contributed by atoms with van der Waals surface area (Å²) in [6.45, 7) is 2.50. The summed E-state index contributed by atoms with van der Waals surface area (Å²) < 4.78 is 5.00. The van der Waals surface area contributed by atoms with Crippen LogP contribution >= 0.6 is 0 Å². The van der Waals surface area contributed by atoms with Crippen molar-refractivity contribution >= 4 is 5.97 Å². The van der Waals surface area contributed by atoms with Crippen LogP contribution < -0.4 is 0 Å². The number of cyclic esters (lactones) is 1. The van der Waals surface area contributed by atoms with Gasteiger partial charge in [0.2, 0.25) is 0 Å². The summed E-state index contributed by atoms with van der Waals surface area (Å²) in [5, 5.41) is 0. The number of rotatable bonds is 1. The second kappa shape index (κ2) is 3.82. The first-order valence-electron chi connectivity index (χ1n) is 5.00. The van der Waals surface area contributed by atoms with Crippen LogP contribution in [0.25, 0.3) is 0 Å². The summed E-state index contributed by atoms with van der Waals surface area (Å²) in [6.07, 6.45) is 0.941. The summed E-state index contributed by atoms with van der Waals surface area (Å²) in [7, 11) is 0. The molecule has 1 heterocycles. The molecule has 0 aromatic heterocycles. The van der Waals surface area contributed by atoms with Crippen LogP contribution in [-0.4, -0.2) is 12.6 Å². The molecule has 1 saturated heterocycles. The SMILES string of the molecule is CC1C(=O)OCCC1c1ccccc1. The van der Waals surface area contributed by atoms with Gasteiger partial charge in [0.1, 0.15) is 0 Å². The first-order chi connectivity index (χ1) is 6.79. The van der Waals surface area contributed by atoms with E-state index in [4.69, 9.17) is 4.74 Å². The van der Waals surface area contributed by atoms with Crippen molar-refractivity contribution in [2.45, 2.75) is 19.3 Å². The van der Waals surface area contributed by atoms with E-state index in [0.717, 1.165) is 6.42 Å². The Hall–Kier alpha value is -1.31. The van der Waals surface area contributed by atoms with E-state index in [0.29, 0.717) is 12.5 Å². The molecule has 1 aliphatic heterocycles. The van der Waals surface area contributed by atoms with Gasteiger partial charge in [-0.3, -0.25) is 4.79 Å². The fourth-order valence-electron chi connectivity index (χ4n) is 1.99. The molecule has 0 saturated carbocycles. The van der Waals surface area contributed by atoms with Crippen LogP contribution in [0.15, 0.2) is 30.3 Å². The molecular formula is C12H14O2. The molecule has 0 N–H and O–H groups in total. The van der Waals surface area contributed by atoms with Gasteiger partial charge in [0.15, 0.2) is 0 Å². The van der Waals surface area contributed by atoms with Crippen molar-refractivity contribution in [2.75, 3.05) is 6.61 Å². The zero-order valence-electron chi connectivity index (χ0n) is 8.27. The number of hydrogen-bond donors (Lipinski definition) is 0. The topological polar surface area (TPSA) is 26.3 Å². The molecule has 0 radical (unpaired) electrons. The number of ether oxygens (including phenoxy) is 1. The summed E-state index contributed by atoms with van der Waals surface area (Å²) in [5.41, 5.74) is 1.25. The van der Waals surface area contributed by atoms with Crippen LogP contribution in [0.4, 0.5) is 0 Å². The van der Waals surface area contributed by atoms with Crippen molar-refractivity contribution in [1.29, 1.82) is 0 Å². The molecule has 1 aliphatic rings. The lowest BCUT2D eigenvalue weighted by Crippen LogP contribution is -2.28. The van der Waals surface area contributed by atoms with Gasteiger partial charge in [0.05, 0.1) is 12.5 Å². The van der Waals surface area contributed by atoms with Gasteiger partial charge in [-0.05, 0) is 12.0 Å². The minimum absolute atomic E-state index is 0.00819. The lowest BCUT2D eigenvalue weighted by Gasteiger charge is -2.27. The first kappa shape index (κ1) is 9.25. The van der Waals surface area contributed by atoms with E-state index in [1.54, 1.807) is 0 Å². The summed E-state index contributed by atoms with van der Waals surface area (Å²) >= 11 is 0. The molecule has 2 nitrogen and oxygen atoms in total. The molecule has 2 unspecified atom stereocenters. The zero-order valence-corrected chi connectivity index (χ0v) is 8.27. The van der Waals surface area contributed by atoms with Crippen molar-refractivity contribution in [2.24, 2.45) is 5.92 Å². The monoisotopic (exact) mass is 190 g/mol. The minimum Gasteiger partial charge on any atom is -0.465 e. The second-order valence-electron chi connectivity index (χ2n) is 3.76. The van der Waals surface area contributed by atoms with E-state index in [-0.39, 0.29) is 11.9 Å². The smallest absolute Gasteiger partial charge is 0.309 e. The third-order valence-electron chi connectivity index (χ3n) is 2.88. The van der Waals surface area contributed by atoms with Gasteiger partial charge in [-0.1, -0.05) is 37.3 Å².